The fourth-order valence-corrected chi connectivity index (χ4v) is 2.66. The molecule has 3 aromatic heterocycles. The van der Waals surface area contributed by atoms with Gasteiger partial charge >= 0.3 is 0 Å². The van der Waals surface area contributed by atoms with Crippen LogP contribution >= 0.6 is 11.3 Å². The van der Waals surface area contributed by atoms with E-state index in [1.165, 1.54) is 22.2 Å². The van der Waals surface area contributed by atoms with Gasteiger partial charge in [-0.25, -0.2) is 4.98 Å². The third kappa shape index (κ3) is 2.68. The van der Waals surface area contributed by atoms with Crippen LogP contribution in [0.25, 0.3) is 5.95 Å². The van der Waals surface area contributed by atoms with Crippen molar-refractivity contribution in [1.29, 1.82) is 0 Å². The summed E-state index contributed by atoms with van der Waals surface area (Å²) in [6.07, 6.45) is 2.93. The van der Waals surface area contributed by atoms with Crippen molar-refractivity contribution < 1.29 is 0 Å². The maximum Gasteiger partial charge on any atom is 0.258 e. The molecule has 0 bridgehead atoms. The molecule has 9 heteroatoms. The lowest BCUT2D eigenvalue weighted by atomic mass is 10.2. The molecule has 0 amide bonds. The van der Waals surface area contributed by atoms with Crippen molar-refractivity contribution in [3.05, 3.63) is 35.0 Å². The summed E-state index contributed by atoms with van der Waals surface area (Å²) in [7, 11) is 1.92. The molecule has 21 heavy (non-hydrogen) atoms. The molecule has 0 fully saturated rings. The van der Waals surface area contributed by atoms with E-state index in [1.807, 2.05) is 23.4 Å². The molecule has 108 valence electrons. The van der Waals surface area contributed by atoms with E-state index in [-0.39, 0.29) is 12.0 Å². The zero-order valence-electron chi connectivity index (χ0n) is 11.6. The van der Waals surface area contributed by atoms with Gasteiger partial charge in [-0.2, -0.15) is 24.7 Å². The van der Waals surface area contributed by atoms with E-state index >= 15 is 0 Å². The Bertz CT molecular complexity index is 709. The molecule has 0 saturated carbocycles. The second-order valence-electron chi connectivity index (χ2n) is 4.44. The predicted octanol–water partition coefficient (Wildman–Crippen LogP) is 1.29. The van der Waals surface area contributed by atoms with Crippen LogP contribution in [0.5, 0.6) is 0 Å². The Kier molecular flexibility index (Phi) is 3.48. The number of anilines is 2. The number of nitrogens with zero attached hydrogens (tertiary/aromatic N) is 7. The van der Waals surface area contributed by atoms with Gasteiger partial charge in [-0.3, -0.25) is 0 Å². The van der Waals surface area contributed by atoms with Crippen LogP contribution in [-0.2, 0) is 0 Å². The monoisotopic (exact) mass is 302 g/mol. The maximum absolute atomic E-state index is 5.77. The van der Waals surface area contributed by atoms with Gasteiger partial charge < -0.3 is 10.6 Å². The van der Waals surface area contributed by atoms with Crippen LogP contribution in [0.2, 0.25) is 0 Å². The van der Waals surface area contributed by atoms with Crippen molar-refractivity contribution in [3.8, 4) is 5.95 Å². The largest absolute Gasteiger partial charge is 0.368 e. The van der Waals surface area contributed by atoms with E-state index in [2.05, 4.69) is 38.0 Å². The zero-order chi connectivity index (χ0) is 14.8. The first-order chi connectivity index (χ1) is 10.1. The molecular weight excluding hydrogens is 288 g/mol. The molecule has 0 spiro atoms. The molecule has 3 rings (SSSR count). The molecule has 1 unspecified atom stereocenters. The van der Waals surface area contributed by atoms with Crippen molar-refractivity contribution in [3.63, 3.8) is 0 Å². The molecule has 0 radical (unpaired) electrons. The Morgan fingerprint density at radius 2 is 2.19 bits per heavy atom. The summed E-state index contributed by atoms with van der Waals surface area (Å²) in [5, 5.41) is 6.05. The SMILES string of the molecule is CC(c1cccs1)N(C)c1nc(N)nc(-n2cncn2)n1. The van der Waals surface area contributed by atoms with Crippen LogP contribution in [0.15, 0.2) is 30.2 Å². The van der Waals surface area contributed by atoms with Crippen LogP contribution in [0.1, 0.15) is 17.8 Å². The minimum absolute atomic E-state index is 0.135. The van der Waals surface area contributed by atoms with Crippen molar-refractivity contribution in [2.45, 2.75) is 13.0 Å². The van der Waals surface area contributed by atoms with Crippen LogP contribution in [-0.4, -0.2) is 36.8 Å². The van der Waals surface area contributed by atoms with Gasteiger partial charge in [-0.05, 0) is 18.4 Å². The van der Waals surface area contributed by atoms with Gasteiger partial charge in [0.1, 0.15) is 12.7 Å². The number of nitrogens with two attached hydrogens (primary N) is 1. The summed E-state index contributed by atoms with van der Waals surface area (Å²) in [4.78, 5) is 19.7. The smallest absolute Gasteiger partial charge is 0.258 e. The van der Waals surface area contributed by atoms with Crippen molar-refractivity contribution in [2.75, 3.05) is 17.7 Å². The second-order valence-corrected chi connectivity index (χ2v) is 5.42. The molecule has 0 aliphatic rings. The first-order valence-corrected chi connectivity index (χ1v) is 7.16. The fraction of sp³-hybridized carbons (Fsp3) is 0.250. The highest BCUT2D eigenvalue weighted by atomic mass is 32.1. The Morgan fingerprint density at radius 3 is 2.86 bits per heavy atom. The summed E-state index contributed by atoms with van der Waals surface area (Å²) in [5.74, 6) is 0.991. The topological polar surface area (TPSA) is 98.6 Å². The average molecular weight is 302 g/mol. The lowest BCUT2D eigenvalue weighted by Gasteiger charge is -2.24. The number of nitrogen functional groups attached to an aromatic ring is 1. The molecule has 2 N–H and O–H groups in total. The van der Waals surface area contributed by atoms with Gasteiger partial charge in [-0.15, -0.1) is 11.3 Å². The highest BCUT2D eigenvalue weighted by molar-refractivity contribution is 7.10. The Balaban J connectivity index is 1.95. The standard InChI is InChI=1S/C12H14N8S/c1-8(9-4-3-5-21-9)19(2)11-16-10(13)17-12(18-11)20-7-14-6-15-20/h3-8H,1-2H3,(H2,13,16,17,18). The second kappa shape index (κ2) is 5.44. The van der Waals surface area contributed by atoms with Gasteiger partial charge in [0.25, 0.3) is 5.95 Å². The van der Waals surface area contributed by atoms with E-state index in [9.17, 15) is 0 Å². The maximum atomic E-state index is 5.77. The Hall–Kier alpha value is -2.55. The highest BCUT2D eigenvalue weighted by Gasteiger charge is 2.17. The van der Waals surface area contributed by atoms with Crippen molar-refractivity contribution >= 4 is 23.2 Å². The molecule has 3 aromatic rings. The van der Waals surface area contributed by atoms with Crippen molar-refractivity contribution in [1.82, 2.24) is 29.7 Å². The number of hydrogen-bond acceptors (Lipinski definition) is 8. The summed E-state index contributed by atoms with van der Waals surface area (Å²) in [6, 6.07) is 4.23. The van der Waals surface area contributed by atoms with Gasteiger partial charge in [0.05, 0.1) is 6.04 Å². The van der Waals surface area contributed by atoms with Crippen LogP contribution in [0.4, 0.5) is 11.9 Å². The molecule has 0 saturated heterocycles. The lowest BCUT2D eigenvalue weighted by molar-refractivity contribution is 0.711. The first kappa shape index (κ1) is 13.4. The number of aromatic nitrogens is 6. The number of hydrogen-bond donors (Lipinski definition) is 1. The third-order valence-electron chi connectivity index (χ3n) is 3.10. The summed E-state index contributed by atoms with van der Waals surface area (Å²) >= 11 is 1.69. The summed E-state index contributed by atoms with van der Waals surface area (Å²) in [5.41, 5.74) is 5.77. The molecule has 0 aliphatic heterocycles. The quantitative estimate of drug-likeness (QED) is 0.775. The molecule has 0 aromatic carbocycles. The predicted molar refractivity (Wildman–Crippen MR) is 80.3 cm³/mol. The summed E-state index contributed by atoms with van der Waals surface area (Å²) in [6.45, 7) is 2.08. The molecule has 8 nitrogen and oxygen atoms in total. The summed E-state index contributed by atoms with van der Waals surface area (Å²) < 4.78 is 1.45. The van der Waals surface area contributed by atoms with E-state index in [0.717, 1.165) is 0 Å². The van der Waals surface area contributed by atoms with Gasteiger partial charge in [0.15, 0.2) is 0 Å². The Morgan fingerprint density at radius 1 is 1.33 bits per heavy atom. The molecule has 0 aliphatic carbocycles. The van der Waals surface area contributed by atoms with Gasteiger partial charge in [-0.1, -0.05) is 6.07 Å². The average Bonchev–Trinajstić information content (AvgIpc) is 3.17. The highest BCUT2D eigenvalue weighted by Crippen LogP contribution is 2.26. The zero-order valence-corrected chi connectivity index (χ0v) is 12.4. The van der Waals surface area contributed by atoms with E-state index < -0.39 is 0 Å². The van der Waals surface area contributed by atoms with Gasteiger partial charge in [0, 0.05) is 11.9 Å². The minimum atomic E-state index is 0.135. The fourth-order valence-electron chi connectivity index (χ4n) is 1.83. The molecule has 1 atom stereocenters. The van der Waals surface area contributed by atoms with Crippen molar-refractivity contribution in [2.24, 2.45) is 0 Å². The van der Waals surface area contributed by atoms with Gasteiger partial charge in [0.2, 0.25) is 11.9 Å². The first-order valence-electron chi connectivity index (χ1n) is 6.28. The van der Waals surface area contributed by atoms with Crippen LogP contribution in [0, 0.1) is 0 Å². The number of thiophene rings is 1. The molecular formula is C12H14N8S. The normalized spacial score (nSPS) is 12.3. The lowest BCUT2D eigenvalue weighted by Crippen LogP contribution is -2.24. The molecule has 3 heterocycles. The number of rotatable bonds is 4. The van der Waals surface area contributed by atoms with E-state index in [4.69, 9.17) is 5.73 Å². The van der Waals surface area contributed by atoms with E-state index in [1.54, 1.807) is 11.3 Å². The van der Waals surface area contributed by atoms with Crippen LogP contribution in [0.3, 0.4) is 0 Å². The third-order valence-corrected chi connectivity index (χ3v) is 4.15. The van der Waals surface area contributed by atoms with Crippen LogP contribution < -0.4 is 10.6 Å². The van der Waals surface area contributed by atoms with E-state index in [0.29, 0.717) is 11.9 Å². The Labute approximate surface area is 125 Å². The minimum Gasteiger partial charge on any atom is -0.368 e.